The van der Waals surface area contributed by atoms with Crippen LogP contribution in [0.2, 0.25) is 0 Å². The second kappa shape index (κ2) is 38.6. The van der Waals surface area contributed by atoms with Crippen molar-refractivity contribution in [2.75, 3.05) is 19.8 Å². The Labute approximate surface area is 343 Å². The van der Waals surface area contributed by atoms with Crippen LogP contribution in [0.25, 0.3) is 0 Å². The first kappa shape index (κ1) is 54.1. The summed E-state index contributed by atoms with van der Waals surface area (Å²) in [6, 6.07) is -1.54. The molecule has 5 N–H and O–H groups in total. The maximum Gasteiger partial charge on any atom is 0.472 e. The molecule has 2 unspecified atom stereocenters. The lowest BCUT2D eigenvalue weighted by molar-refractivity contribution is -0.161. The number of rotatable bonds is 39. The second-order valence-electron chi connectivity index (χ2n) is 14.3. The van der Waals surface area contributed by atoms with E-state index in [1.165, 1.54) is 44.9 Å². The number of carboxylic acid groups (broad SMARTS) is 1. The Kier molecular flexibility index (Phi) is 36.7. The van der Waals surface area contributed by atoms with Gasteiger partial charge in [-0.15, -0.1) is 0 Å². The van der Waals surface area contributed by atoms with Crippen molar-refractivity contribution >= 4 is 25.7 Å². The second-order valence-corrected chi connectivity index (χ2v) is 15.8. The summed E-state index contributed by atoms with van der Waals surface area (Å²) in [5.41, 5.74) is 5.32. The molecule has 12 nitrogen and oxygen atoms in total. The van der Waals surface area contributed by atoms with Crippen LogP contribution < -0.4 is 5.73 Å². The molecule has 4 atom stereocenters. The fourth-order valence-corrected chi connectivity index (χ4v) is 6.20. The number of carboxylic acids is 1. The predicted molar refractivity (Wildman–Crippen MR) is 227 cm³/mol. The normalized spacial score (nSPS) is 14.9. The van der Waals surface area contributed by atoms with Crippen molar-refractivity contribution < 1.29 is 52.6 Å². The van der Waals surface area contributed by atoms with E-state index in [4.69, 9.17) is 24.8 Å². The van der Waals surface area contributed by atoms with E-state index in [1.54, 1.807) is 0 Å². The van der Waals surface area contributed by atoms with E-state index in [0.29, 0.717) is 25.7 Å². The number of carbonyl (C=O) groups excluding carboxylic acids is 2. The molecule has 0 rings (SSSR count). The number of unbranched alkanes of at least 4 members (excludes halogenated alkanes) is 12. The summed E-state index contributed by atoms with van der Waals surface area (Å²) in [7, 11) is -4.74. The maximum absolute atomic E-state index is 12.6. The standard InChI is InChI=1S/C44H76NO11P/c1-3-5-6-7-8-9-10-11-12-15-19-22-25-28-31-35-43(48)56-40(37-54-57(51,52)55-38-41(45)44(49)50)36-53-42(47)34-30-27-24-21-18-16-13-14-17-20-23-26-29-33-39(46)32-4-2/h9-10,13,16-17,20-21,24,26,29,39-41,46H,3-8,11-12,14-15,18-19,22-23,25,27-28,30-38,45H2,1-2H3,(H,49,50)(H,51,52)/b10-9-,16-13-,20-17-,24-21-,29-26-/t39?,40-,41+/m1/s1. The highest BCUT2D eigenvalue weighted by Gasteiger charge is 2.28. The maximum atomic E-state index is 12.6. The molecule has 328 valence electrons. The lowest BCUT2D eigenvalue weighted by Gasteiger charge is -2.20. The van der Waals surface area contributed by atoms with Gasteiger partial charge in [0, 0.05) is 12.8 Å². The number of hydrogen-bond donors (Lipinski definition) is 4. The highest BCUT2D eigenvalue weighted by molar-refractivity contribution is 7.47. The Morgan fingerprint density at radius 2 is 1.11 bits per heavy atom. The minimum Gasteiger partial charge on any atom is -0.480 e. The number of phosphoric ester groups is 1. The van der Waals surface area contributed by atoms with Gasteiger partial charge in [-0.25, -0.2) is 4.57 Å². The summed E-state index contributed by atoms with van der Waals surface area (Å²) in [5.74, 6) is -2.49. The van der Waals surface area contributed by atoms with E-state index >= 15 is 0 Å². The van der Waals surface area contributed by atoms with Crippen LogP contribution in [0, 0.1) is 0 Å². The third-order valence-electron chi connectivity index (χ3n) is 8.79. The Hall–Kier alpha value is -2.86. The van der Waals surface area contributed by atoms with E-state index in [9.17, 15) is 28.9 Å². The van der Waals surface area contributed by atoms with Crippen molar-refractivity contribution in [1.82, 2.24) is 0 Å². The third-order valence-corrected chi connectivity index (χ3v) is 9.74. The van der Waals surface area contributed by atoms with Gasteiger partial charge in [0.2, 0.25) is 0 Å². The topological polar surface area (TPSA) is 192 Å². The minimum absolute atomic E-state index is 0.128. The zero-order chi connectivity index (χ0) is 42.2. The molecule has 0 aliphatic carbocycles. The van der Waals surface area contributed by atoms with Gasteiger partial charge in [0.15, 0.2) is 6.10 Å². The van der Waals surface area contributed by atoms with Crippen LogP contribution in [0.5, 0.6) is 0 Å². The molecular weight excluding hydrogens is 749 g/mol. The zero-order valence-corrected chi connectivity index (χ0v) is 35.9. The van der Waals surface area contributed by atoms with Gasteiger partial charge in [-0.3, -0.25) is 23.4 Å². The summed E-state index contributed by atoms with van der Waals surface area (Å²) >= 11 is 0. The van der Waals surface area contributed by atoms with E-state index in [0.717, 1.165) is 64.2 Å². The van der Waals surface area contributed by atoms with Crippen LogP contribution in [0.4, 0.5) is 0 Å². The van der Waals surface area contributed by atoms with Crippen molar-refractivity contribution in [3.8, 4) is 0 Å². The van der Waals surface area contributed by atoms with Crippen LogP contribution in [0.15, 0.2) is 60.8 Å². The fourth-order valence-electron chi connectivity index (χ4n) is 5.42. The van der Waals surface area contributed by atoms with Crippen LogP contribution in [0.1, 0.15) is 162 Å². The molecule has 0 spiro atoms. The molecule has 0 saturated heterocycles. The molecule has 0 heterocycles. The van der Waals surface area contributed by atoms with E-state index in [-0.39, 0.29) is 25.6 Å². The number of carbonyl (C=O) groups is 3. The number of aliphatic carboxylic acids is 1. The monoisotopic (exact) mass is 826 g/mol. The number of hydrogen-bond acceptors (Lipinski definition) is 10. The number of aliphatic hydroxyl groups is 1. The summed E-state index contributed by atoms with van der Waals surface area (Å²) in [4.78, 5) is 45.9. The molecule has 0 fully saturated rings. The van der Waals surface area contributed by atoms with Gasteiger partial charge in [0.25, 0.3) is 0 Å². The first-order valence-electron chi connectivity index (χ1n) is 21.4. The van der Waals surface area contributed by atoms with Crippen LogP contribution in [-0.4, -0.2) is 71.1 Å². The Morgan fingerprint density at radius 3 is 1.70 bits per heavy atom. The lowest BCUT2D eigenvalue weighted by atomic mass is 10.1. The smallest absolute Gasteiger partial charge is 0.472 e. The van der Waals surface area contributed by atoms with Gasteiger partial charge >= 0.3 is 25.7 Å². The summed E-state index contributed by atoms with van der Waals surface area (Å²) < 4.78 is 32.6. The van der Waals surface area contributed by atoms with E-state index in [2.05, 4.69) is 60.9 Å². The number of phosphoric acid groups is 1. The van der Waals surface area contributed by atoms with E-state index < -0.39 is 51.1 Å². The quantitative estimate of drug-likeness (QED) is 0.0199. The van der Waals surface area contributed by atoms with Crippen molar-refractivity contribution in [3.63, 3.8) is 0 Å². The van der Waals surface area contributed by atoms with Crippen molar-refractivity contribution in [2.45, 2.75) is 180 Å². The first-order chi connectivity index (χ1) is 27.5. The fraction of sp³-hybridized carbons (Fsp3) is 0.705. The number of allylic oxidation sites excluding steroid dienone is 9. The average molecular weight is 826 g/mol. The SMILES string of the molecule is CCCCCC/C=C\CCCCCCCCCC(=O)O[C@H](COC(=O)CCC/C=C\C/C=C\C/C=C\C/C=C\CC(O)CCC)COP(=O)(O)OC[C@H](N)C(=O)O. The Bertz CT molecular complexity index is 1220. The average Bonchev–Trinajstić information content (AvgIpc) is 3.18. The number of nitrogens with two attached hydrogens (primary N) is 1. The van der Waals surface area contributed by atoms with Gasteiger partial charge in [-0.2, -0.15) is 0 Å². The van der Waals surface area contributed by atoms with Gasteiger partial charge in [-0.1, -0.05) is 132 Å². The molecule has 0 aromatic carbocycles. The molecule has 0 bridgehead atoms. The van der Waals surface area contributed by atoms with Crippen molar-refractivity contribution in [2.24, 2.45) is 5.73 Å². The van der Waals surface area contributed by atoms with Gasteiger partial charge < -0.3 is 30.3 Å². The molecule has 0 aromatic rings. The van der Waals surface area contributed by atoms with Crippen LogP contribution >= 0.6 is 7.82 Å². The number of aliphatic hydroxyl groups excluding tert-OH is 1. The van der Waals surface area contributed by atoms with Gasteiger partial charge in [0.1, 0.15) is 12.6 Å². The molecule has 0 aromatic heterocycles. The van der Waals surface area contributed by atoms with Gasteiger partial charge in [0.05, 0.1) is 19.3 Å². The summed E-state index contributed by atoms with van der Waals surface area (Å²) in [6.07, 6.45) is 40.7. The third kappa shape index (κ3) is 38.4. The minimum atomic E-state index is -4.74. The van der Waals surface area contributed by atoms with Crippen LogP contribution in [-0.2, 0) is 37.5 Å². The first-order valence-corrected chi connectivity index (χ1v) is 22.9. The van der Waals surface area contributed by atoms with E-state index in [1.807, 2.05) is 18.2 Å². The van der Waals surface area contributed by atoms with Crippen LogP contribution in [0.3, 0.4) is 0 Å². The predicted octanol–water partition coefficient (Wildman–Crippen LogP) is 10.1. The van der Waals surface area contributed by atoms with Crippen molar-refractivity contribution in [3.05, 3.63) is 60.8 Å². The summed E-state index contributed by atoms with van der Waals surface area (Å²) in [6.45, 7) is 2.51. The number of ether oxygens (including phenoxy) is 2. The molecule has 57 heavy (non-hydrogen) atoms. The largest absolute Gasteiger partial charge is 0.480 e. The number of esters is 2. The molecule has 0 aliphatic heterocycles. The highest BCUT2D eigenvalue weighted by Crippen LogP contribution is 2.43. The molecule has 0 aliphatic rings. The molecular formula is C44H76NO11P. The van der Waals surface area contributed by atoms with Gasteiger partial charge in [-0.05, 0) is 77.0 Å². The Balaban J connectivity index is 4.50. The molecule has 0 radical (unpaired) electrons. The zero-order valence-electron chi connectivity index (χ0n) is 35.0. The summed E-state index contributed by atoms with van der Waals surface area (Å²) in [5, 5.41) is 18.6. The van der Waals surface area contributed by atoms with Crippen molar-refractivity contribution in [1.29, 1.82) is 0 Å². The lowest BCUT2D eigenvalue weighted by Crippen LogP contribution is -2.34. The molecule has 0 saturated carbocycles. The molecule has 0 amide bonds. The highest BCUT2D eigenvalue weighted by atomic mass is 31.2. The Morgan fingerprint density at radius 1 is 0.614 bits per heavy atom. The molecule has 13 heteroatoms.